The van der Waals surface area contributed by atoms with E-state index in [9.17, 15) is 0 Å². The van der Waals surface area contributed by atoms with Crippen LogP contribution in [0, 0.1) is 0 Å². The summed E-state index contributed by atoms with van der Waals surface area (Å²) in [4.78, 5) is 4.51. The van der Waals surface area contributed by atoms with Crippen molar-refractivity contribution in [2.45, 2.75) is 6.92 Å². The van der Waals surface area contributed by atoms with Crippen LogP contribution in [-0.2, 0) is 4.84 Å². The first kappa shape index (κ1) is 8.97. The summed E-state index contributed by atoms with van der Waals surface area (Å²) in [5, 5.41) is 0. The molecule has 0 amide bonds. The van der Waals surface area contributed by atoms with Crippen molar-refractivity contribution in [3.63, 3.8) is 0 Å². The van der Waals surface area contributed by atoms with E-state index in [1.807, 2.05) is 43.3 Å². The lowest BCUT2D eigenvalue weighted by Crippen LogP contribution is -2.01. The second-order valence-corrected chi connectivity index (χ2v) is 2.71. The Balaban J connectivity index is 2.67. The molecule has 0 aliphatic carbocycles. The van der Waals surface area contributed by atoms with Crippen LogP contribution in [0.25, 0.3) is 6.08 Å². The molecule has 0 spiro atoms. The van der Waals surface area contributed by atoms with Gasteiger partial charge in [-0.3, -0.25) is 0 Å². The fourth-order valence-electron chi connectivity index (χ4n) is 1.01. The van der Waals surface area contributed by atoms with Crippen LogP contribution in [0.1, 0.15) is 12.5 Å². The number of hydrogen-bond acceptors (Lipinski definition) is 2. The third-order valence-corrected chi connectivity index (χ3v) is 1.52. The maximum atomic E-state index is 4.94. The van der Waals surface area contributed by atoms with Gasteiger partial charge in [0.25, 0.3) is 0 Å². The van der Waals surface area contributed by atoms with Gasteiger partial charge in [-0.05, 0) is 18.1 Å². The van der Waals surface area contributed by atoms with Crippen LogP contribution in [0.5, 0.6) is 0 Å². The first-order valence-corrected chi connectivity index (χ1v) is 3.87. The molecule has 1 aromatic rings. The first-order chi connectivity index (χ1) is 5.83. The van der Waals surface area contributed by atoms with Gasteiger partial charge >= 0.3 is 0 Å². The van der Waals surface area contributed by atoms with Crippen molar-refractivity contribution >= 4 is 6.08 Å². The summed E-state index contributed by atoms with van der Waals surface area (Å²) >= 11 is 0. The average molecular weight is 163 g/mol. The summed E-state index contributed by atoms with van der Waals surface area (Å²) in [6.45, 7) is 2.47. The minimum atomic E-state index is 0.481. The van der Waals surface area contributed by atoms with Gasteiger partial charge in [-0.1, -0.05) is 36.4 Å². The van der Waals surface area contributed by atoms with Crippen molar-refractivity contribution in [3.8, 4) is 0 Å². The molecule has 0 atom stereocenters. The summed E-state index contributed by atoms with van der Waals surface area (Å²) in [6, 6.07) is 10.1. The summed E-state index contributed by atoms with van der Waals surface area (Å²) in [6.07, 6.45) is 2.05. The van der Waals surface area contributed by atoms with Gasteiger partial charge in [0.05, 0.1) is 6.61 Å². The topological polar surface area (TPSA) is 35.2 Å². The molecular weight excluding hydrogens is 150 g/mol. The Bertz CT molecular complexity index is 254. The molecule has 64 valence electrons. The van der Waals surface area contributed by atoms with Gasteiger partial charge in [0.2, 0.25) is 0 Å². The molecular formula is C10H13NO. The summed E-state index contributed by atoms with van der Waals surface area (Å²) < 4.78 is 0. The summed E-state index contributed by atoms with van der Waals surface area (Å²) in [5.41, 5.74) is 2.29. The smallest absolute Gasteiger partial charge is 0.0890 e. The van der Waals surface area contributed by atoms with Crippen LogP contribution < -0.4 is 5.90 Å². The predicted octanol–water partition coefficient (Wildman–Crippen LogP) is 1.98. The van der Waals surface area contributed by atoms with E-state index < -0.39 is 0 Å². The predicted molar refractivity (Wildman–Crippen MR) is 50.2 cm³/mol. The Labute approximate surface area is 72.6 Å². The Morgan fingerprint density at radius 2 is 2.08 bits per heavy atom. The standard InChI is InChI=1S/C10H13NO/c1-9(8-12-11)7-10-5-3-2-4-6-10/h2-7H,8,11H2,1H3/b9-7+. The third kappa shape index (κ3) is 2.86. The highest BCUT2D eigenvalue weighted by Crippen LogP contribution is 2.05. The molecule has 0 aromatic heterocycles. The average Bonchev–Trinajstić information content (AvgIpc) is 2.06. The van der Waals surface area contributed by atoms with Gasteiger partial charge in [-0.15, -0.1) is 0 Å². The lowest BCUT2D eigenvalue weighted by atomic mass is 10.1. The lowest BCUT2D eigenvalue weighted by molar-refractivity contribution is 0.162. The second-order valence-electron chi connectivity index (χ2n) is 2.71. The zero-order chi connectivity index (χ0) is 8.81. The minimum Gasteiger partial charge on any atom is -0.300 e. The molecule has 0 aliphatic rings. The van der Waals surface area contributed by atoms with Crippen LogP contribution in [-0.4, -0.2) is 6.61 Å². The summed E-state index contributed by atoms with van der Waals surface area (Å²) in [7, 11) is 0. The van der Waals surface area contributed by atoms with E-state index in [0.29, 0.717) is 6.61 Å². The van der Waals surface area contributed by atoms with Gasteiger partial charge in [0.15, 0.2) is 0 Å². The fraction of sp³-hybridized carbons (Fsp3) is 0.200. The molecule has 1 aromatic carbocycles. The Morgan fingerprint density at radius 3 is 2.67 bits per heavy atom. The number of rotatable bonds is 3. The van der Waals surface area contributed by atoms with Gasteiger partial charge in [0, 0.05) is 0 Å². The van der Waals surface area contributed by atoms with E-state index in [1.54, 1.807) is 0 Å². The van der Waals surface area contributed by atoms with E-state index in [1.165, 1.54) is 5.56 Å². The quantitative estimate of drug-likeness (QED) is 0.691. The van der Waals surface area contributed by atoms with Crippen LogP contribution in [0.3, 0.4) is 0 Å². The molecule has 2 N–H and O–H groups in total. The fourth-order valence-corrected chi connectivity index (χ4v) is 1.01. The number of nitrogens with two attached hydrogens (primary N) is 1. The SMILES string of the molecule is C/C(=C\c1ccccc1)CON. The van der Waals surface area contributed by atoms with Gasteiger partial charge in [0.1, 0.15) is 0 Å². The summed E-state index contributed by atoms with van der Waals surface area (Å²) in [5.74, 6) is 4.94. The van der Waals surface area contributed by atoms with E-state index in [4.69, 9.17) is 5.90 Å². The number of benzene rings is 1. The van der Waals surface area contributed by atoms with Crippen LogP contribution in [0.4, 0.5) is 0 Å². The van der Waals surface area contributed by atoms with E-state index in [0.717, 1.165) is 5.57 Å². The van der Waals surface area contributed by atoms with Crippen molar-refractivity contribution in [1.29, 1.82) is 0 Å². The molecule has 1 rings (SSSR count). The third-order valence-electron chi connectivity index (χ3n) is 1.52. The van der Waals surface area contributed by atoms with Crippen molar-refractivity contribution < 1.29 is 4.84 Å². The van der Waals surface area contributed by atoms with E-state index in [2.05, 4.69) is 4.84 Å². The maximum absolute atomic E-state index is 4.94. The van der Waals surface area contributed by atoms with Crippen molar-refractivity contribution in [1.82, 2.24) is 0 Å². The molecule has 2 nitrogen and oxygen atoms in total. The Hall–Kier alpha value is -1.12. The van der Waals surface area contributed by atoms with Gasteiger partial charge in [-0.25, -0.2) is 5.90 Å². The molecule has 0 bridgehead atoms. The molecule has 12 heavy (non-hydrogen) atoms. The zero-order valence-electron chi connectivity index (χ0n) is 7.16. The minimum absolute atomic E-state index is 0.481. The molecule has 0 radical (unpaired) electrons. The highest BCUT2D eigenvalue weighted by atomic mass is 16.6. The molecule has 0 saturated heterocycles. The van der Waals surface area contributed by atoms with Gasteiger partial charge < -0.3 is 4.84 Å². The van der Waals surface area contributed by atoms with Crippen LogP contribution >= 0.6 is 0 Å². The normalized spacial score (nSPS) is 11.7. The zero-order valence-corrected chi connectivity index (χ0v) is 7.16. The first-order valence-electron chi connectivity index (χ1n) is 3.87. The largest absolute Gasteiger partial charge is 0.300 e. The van der Waals surface area contributed by atoms with Crippen LogP contribution in [0.15, 0.2) is 35.9 Å². The van der Waals surface area contributed by atoms with Crippen LogP contribution in [0.2, 0.25) is 0 Å². The lowest BCUT2D eigenvalue weighted by Gasteiger charge is -1.98. The molecule has 2 heteroatoms. The molecule has 0 saturated carbocycles. The number of hydrogen-bond donors (Lipinski definition) is 1. The second kappa shape index (κ2) is 4.70. The molecule has 0 fully saturated rings. The highest BCUT2D eigenvalue weighted by Gasteiger charge is 1.88. The Kier molecular flexibility index (Phi) is 3.51. The molecule has 0 unspecified atom stereocenters. The maximum Gasteiger partial charge on any atom is 0.0890 e. The monoisotopic (exact) mass is 163 g/mol. The van der Waals surface area contributed by atoms with E-state index >= 15 is 0 Å². The van der Waals surface area contributed by atoms with Crippen molar-refractivity contribution in [2.24, 2.45) is 5.90 Å². The molecule has 0 aliphatic heterocycles. The van der Waals surface area contributed by atoms with E-state index in [-0.39, 0.29) is 0 Å². The highest BCUT2D eigenvalue weighted by molar-refractivity contribution is 5.52. The van der Waals surface area contributed by atoms with Crippen molar-refractivity contribution in [3.05, 3.63) is 41.5 Å². The van der Waals surface area contributed by atoms with Gasteiger partial charge in [-0.2, -0.15) is 0 Å². The Morgan fingerprint density at radius 1 is 1.42 bits per heavy atom. The van der Waals surface area contributed by atoms with Crippen molar-refractivity contribution in [2.75, 3.05) is 6.61 Å². The molecule has 0 heterocycles.